The van der Waals surface area contributed by atoms with Crippen LogP contribution in [0.3, 0.4) is 0 Å². The number of rotatable bonds is 7. The van der Waals surface area contributed by atoms with Crippen LogP contribution in [-0.2, 0) is 4.79 Å². The summed E-state index contributed by atoms with van der Waals surface area (Å²) in [5.74, 6) is 2.58. The third kappa shape index (κ3) is 4.96. The summed E-state index contributed by atoms with van der Waals surface area (Å²) >= 11 is 1.72. The molecular weight excluding hydrogens is 312 g/mol. The zero-order chi connectivity index (χ0) is 16.7. The summed E-state index contributed by atoms with van der Waals surface area (Å²) in [6, 6.07) is 6.09. The van der Waals surface area contributed by atoms with Crippen molar-refractivity contribution >= 4 is 23.4 Å². The monoisotopic (exact) mass is 338 g/mol. The molecule has 0 saturated carbocycles. The summed E-state index contributed by atoms with van der Waals surface area (Å²) in [5, 5.41) is 3.51. The van der Waals surface area contributed by atoms with Crippen LogP contribution in [-0.4, -0.2) is 56.2 Å². The highest BCUT2D eigenvalue weighted by Gasteiger charge is 2.23. The minimum Gasteiger partial charge on any atom is -0.493 e. The predicted octanol–water partition coefficient (Wildman–Crippen LogP) is 2.86. The van der Waals surface area contributed by atoms with Crippen LogP contribution in [0, 0.1) is 0 Å². The number of likely N-dealkylation sites (tertiary alicyclic amines) is 1. The van der Waals surface area contributed by atoms with E-state index >= 15 is 0 Å². The van der Waals surface area contributed by atoms with Crippen LogP contribution in [0.5, 0.6) is 11.5 Å². The molecule has 1 aliphatic rings. The summed E-state index contributed by atoms with van der Waals surface area (Å²) < 4.78 is 10.6. The fraction of sp³-hybridized carbons (Fsp3) is 0.588. The van der Waals surface area contributed by atoms with Gasteiger partial charge < -0.3 is 19.7 Å². The third-order valence-electron chi connectivity index (χ3n) is 4.05. The molecule has 0 radical (unpaired) electrons. The van der Waals surface area contributed by atoms with E-state index < -0.39 is 0 Å². The third-order valence-corrected chi connectivity index (χ3v) is 4.66. The molecule has 0 aromatic heterocycles. The minimum absolute atomic E-state index is 0.262. The largest absolute Gasteiger partial charge is 0.493 e. The van der Waals surface area contributed by atoms with E-state index in [1.165, 1.54) is 0 Å². The number of carbonyl (C=O) groups excluding carboxylic acids is 1. The molecule has 0 aliphatic carbocycles. The summed E-state index contributed by atoms with van der Waals surface area (Å²) in [5.41, 5.74) is 0.992. The first-order chi connectivity index (χ1) is 11.2. The van der Waals surface area contributed by atoms with Crippen LogP contribution in [0.15, 0.2) is 18.2 Å². The van der Waals surface area contributed by atoms with E-state index in [1.54, 1.807) is 26.0 Å². The number of thioether (sulfide) groups is 1. The van der Waals surface area contributed by atoms with Gasteiger partial charge in [0.1, 0.15) is 0 Å². The molecule has 23 heavy (non-hydrogen) atoms. The molecule has 1 aromatic rings. The number of amides is 1. The van der Waals surface area contributed by atoms with Gasteiger partial charge in [-0.3, -0.25) is 4.79 Å². The van der Waals surface area contributed by atoms with Crippen LogP contribution >= 0.6 is 11.8 Å². The Bertz CT molecular complexity index is 525. The van der Waals surface area contributed by atoms with E-state index in [2.05, 4.69) is 5.32 Å². The molecule has 6 heteroatoms. The van der Waals surface area contributed by atoms with Crippen molar-refractivity contribution in [2.24, 2.45) is 0 Å². The number of benzene rings is 1. The molecule has 0 spiro atoms. The van der Waals surface area contributed by atoms with E-state index in [0.717, 1.165) is 43.1 Å². The summed E-state index contributed by atoms with van der Waals surface area (Å²) in [6.07, 6.45) is 4.77. The van der Waals surface area contributed by atoms with Crippen molar-refractivity contribution in [2.75, 3.05) is 44.6 Å². The highest BCUT2D eigenvalue weighted by atomic mass is 32.2. The molecule has 1 saturated heterocycles. The quantitative estimate of drug-likeness (QED) is 0.828. The van der Waals surface area contributed by atoms with Crippen molar-refractivity contribution in [1.82, 2.24) is 4.90 Å². The predicted molar refractivity (Wildman–Crippen MR) is 95.8 cm³/mol. The summed E-state index contributed by atoms with van der Waals surface area (Å²) in [7, 11) is 3.26. The average molecular weight is 338 g/mol. The lowest BCUT2D eigenvalue weighted by atomic mass is 10.0. The van der Waals surface area contributed by atoms with Gasteiger partial charge in [-0.25, -0.2) is 0 Å². The molecule has 1 atom stereocenters. The average Bonchev–Trinajstić information content (AvgIpc) is 2.59. The number of nitrogens with zero attached hydrogens (tertiary/aromatic N) is 1. The number of hydrogen-bond acceptors (Lipinski definition) is 5. The number of carbonyl (C=O) groups is 1. The van der Waals surface area contributed by atoms with Gasteiger partial charge in [-0.15, -0.1) is 0 Å². The van der Waals surface area contributed by atoms with Gasteiger partial charge in [-0.2, -0.15) is 11.8 Å². The Morgan fingerprint density at radius 1 is 1.35 bits per heavy atom. The molecule has 5 nitrogen and oxygen atoms in total. The maximum absolute atomic E-state index is 12.2. The van der Waals surface area contributed by atoms with Crippen molar-refractivity contribution in [1.29, 1.82) is 0 Å². The molecule has 1 N–H and O–H groups in total. The molecular formula is C17H26N2O3S. The molecule has 0 bridgehead atoms. The summed E-state index contributed by atoms with van der Waals surface area (Å²) in [6.45, 7) is 1.64. The first-order valence-electron chi connectivity index (χ1n) is 7.93. The van der Waals surface area contributed by atoms with Crippen molar-refractivity contribution in [3.8, 4) is 11.5 Å². The number of hydrogen-bond donors (Lipinski definition) is 1. The Kier molecular flexibility index (Phi) is 6.89. The SMILES string of the molecule is COc1ccc(N[C@@H]2CCCN(C(=O)CCSC)C2)cc1OC. The number of anilines is 1. The second kappa shape index (κ2) is 8.91. The van der Waals surface area contributed by atoms with Gasteiger partial charge in [0, 0.05) is 43.1 Å². The number of ether oxygens (including phenoxy) is 2. The molecule has 128 valence electrons. The smallest absolute Gasteiger partial charge is 0.223 e. The molecule has 1 heterocycles. The van der Waals surface area contributed by atoms with Crippen LogP contribution < -0.4 is 14.8 Å². The topological polar surface area (TPSA) is 50.8 Å². The molecule has 1 amide bonds. The fourth-order valence-corrected chi connectivity index (χ4v) is 3.21. The standard InChI is InChI=1S/C17H26N2O3S/c1-21-15-7-6-13(11-16(15)22-2)18-14-5-4-9-19(12-14)17(20)8-10-23-3/h6-7,11,14,18H,4-5,8-10,12H2,1-3H3/t14-/m1/s1. The van der Waals surface area contributed by atoms with Crippen LogP contribution in [0.25, 0.3) is 0 Å². The fourth-order valence-electron chi connectivity index (χ4n) is 2.83. The van der Waals surface area contributed by atoms with E-state index in [1.807, 2.05) is 29.4 Å². The van der Waals surface area contributed by atoms with Gasteiger partial charge in [-0.1, -0.05) is 0 Å². The van der Waals surface area contributed by atoms with Gasteiger partial charge in [0.2, 0.25) is 5.91 Å². The molecule has 0 unspecified atom stereocenters. The Morgan fingerprint density at radius 3 is 2.83 bits per heavy atom. The van der Waals surface area contributed by atoms with Gasteiger partial charge in [0.05, 0.1) is 14.2 Å². The highest BCUT2D eigenvalue weighted by Crippen LogP contribution is 2.30. The molecule has 1 fully saturated rings. The van der Waals surface area contributed by atoms with Gasteiger partial charge in [-0.05, 0) is 31.2 Å². The molecule has 2 rings (SSSR count). The van der Waals surface area contributed by atoms with Crippen molar-refractivity contribution in [2.45, 2.75) is 25.3 Å². The number of piperidine rings is 1. The van der Waals surface area contributed by atoms with Gasteiger partial charge >= 0.3 is 0 Å². The Labute approximate surface area is 142 Å². The lowest BCUT2D eigenvalue weighted by molar-refractivity contribution is -0.131. The Balaban J connectivity index is 1.95. The van der Waals surface area contributed by atoms with Crippen molar-refractivity contribution < 1.29 is 14.3 Å². The van der Waals surface area contributed by atoms with E-state index in [-0.39, 0.29) is 11.9 Å². The Morgan fingerprint density at radius 2 is 2.13 bits per heavy atom. The first kappa shape index (κ1) is 17.8. The maximum atomic E-state index is 12.2. The second-order valence-electron chi connectivity index (χ2n) is 5.64. The zero-order valence-electron chi connectivity index (χ0n) is 14.1. The second-order valence-corrected chi connectivity index (χ2v) is 6.62. The van der Waals surface area contributed by atoms with Crippen LogP contribution in [0.2, 0.25) is 0 Å². The lowest BCUT2D eigenvalue weighted by Gasteiger charge is -2.34. The lowest BCUT2D eigenvalue weighted by Crippen LogP contribution is -2.45. The van der Waals surface area contributed by atoms with Crippen molar-refractivity contribution in [3.63, 3.8) is 0 Å². The first-order valence-corrected chi connectivity index (χ1v) is 9.32. The maximum Gasteiger partial charge on any atom is 0.223 e. The molecule has 1 aromatic carbocycles. The minimum atomic E-state index is 0.262. The number of nitrogens with one attached hydrogen (secondary N) is 1. The number of methoxy groups -OCH3 is 2. The van der Waals surface area contributed by atoms with Gasteiger partial charge in [0.25, 0.3) is 0 Å². The van der Waals surface area contributed by atoms with Crippen molar-refractivity contribution in [3.05, 3.63) is 18.2 Å². The van der Waals surface area contributed by atoms with Crippen LogP contribution in [0.4, 0.5) is 5.69 Å². The highest BCUT2D eigenvalue weighted by molar-refractivity contribution is 7.98. The van der Waals surface area contributed by atoms with E-state index in [0.29, 0.717) is 12.2 Å². The normalized spacial score (nSPS) is 17.7. The van der Waals surface area contributed by atoms with E-state index in [9.17, 15) is 4.79 Å². The summed E-state index contributed by atoms with van der Waals surface area (Å²) in [4.78, 5) is 14.2. The van der Waals surface area contributed by atoms with Gasteiger partial charge in [0.15, 0.2) is 11.5 Å². The molecule has 1 aliphatic heterocycles. The zero-order valence-corrected chi connectivity index (χ0v) is 14.9. The Hall–Kier alpha value is -1.56. The van der Waals surface area contributed by atoms with Crippen LogP contribution in [0.1, 0.15) is 19.3 Å². The van der Waals surface area contributed by atoms with E-state index in [4.69, 9.17) is 9.47 Å².